The van der Waals surface area contributed by atoms with Gasteiger partial charge in [-0.1, -0.05) is 54.6 Å². The summed E-state index contributed by atoms with van der Waals surface area (Å²) in [7, 11) is 0. The van der Waals surface area contributed by atoms with E-state index in [1.165, 1.54) is 18.6 Å². The Morgan fingerprint density at radius 2 is 1.77 bits per heavy atom. The fourth-order valence-corrected chi connectivity index (χ4v) is 5.25. The minimum Gasteiger partial charge on any atom is -0.489 e. The number of nitrogens with zero attached hydrogens (tertiary/aromatic N) is 3. The topological polar surface area (TPSA) is 114 Å². The fourth-order valence-electron chi connectivity index (χ4n) is 5.25. The highest BCUT2D eigenvalue weighted by Crippen LogP contribution is 2.36. The van der Waals surface area contributed by atoms with E-state index in [4.69, 9.17) is 4.74 Å². The zero-order valence-electron chi connectivity index (χ0n) is 22.3. The van der Waals surface area contributed by atoms with Crippen molar-refractivity contribution >= 4 is 17.7 Å². The van der Waals surface area contributed by atoms with Gasteiger partial charge >= 0.3 is 0 Å². The summed E-state index contributed by atoms with van der Waals surface area (Å²) in [6.07, 6.45) is 10.4. The summed E-state index contributed by atoms with van der Waals surface area (Å²) >= 11 is 0. The maximum absolute atomic E-state index is 14.0. The molecule has 0 saturated carbocycles. The molecule has 1 saturated heterocycles. The van der Waals surface area contributed by atoms with E-state index in [1.54, 1.807) is 23.1 Å². The van der Waals surface area contributed by atoms with Crippen molar-refractivity contribution < 1.29 is 19.1 Å². The van der Waals surface area contributed by atoms with Crippen molar-refractivity contribution in [1.29, 1.82) is 0 Å². The number of nitrogens with one attached hydrogen (secondary N) is 2. The second kappa shape index (κ2) is 12.5. The number of piperidine rings is 1. The van der Waals surface area contributed by atoms with Gasteiger partial charge < -0.3 is 20.3 Å². The summed E-state index contributed by atoms with van der Waals surface area (Å²) in [6.45, 7) is 1.40. The van der Waals surface area contributed by atoms with E-state index in [0.29, 0.717) is 55.8 Å². The molecule has 1 aromatic heterocycles. The molecule has 1 fully saturated rings. The van der Waals surface area contributed by atoms with E-state index in [-0.39, 0.29) is 36.9 Å². The Hall–Kier alpha value is -4.53. The lowest BCUT2D eigenvalue weighted by molar-refractivity contribution is -0.134. The predicted molar refractivity (Wildman–Crippen MR) is 150 cm³/mol. The molecule has 5 rings (SSSR count). The molecule has 2 N–H and O–H groups in total. The van der Waals surface area contributed by atoms with Gasteiger partial charge in [0, 0.05) is 32.0 Å². The molecule has 0 radical (unpaired) electrons. The Kier molecular flexibility index (Phi) is 8.49. The third-order valence-electron chi connectivity index (χ3n) is 7.58. The number of hydrogen-bond donors (Lipinski definition) is 2. The van der Waals surface area contributed by atoms with Gasteiger partial charge in [-0.25, -0.2) is 4.98 Å². The van der Waals surface area contributed by atoms with Gasteiger partial charge in [0.2, 0.25) is 5.91 Å². The first-order chi connectivity index (χ1) is 19.5. The number of carbonyl (C=O) groups is 3. The monoisotopic (exact) mass is 539 g/mol. The molecule has 3 amide bonds. The Bertz CT molecular complexity index is 1350. The highest BCUT2D eigenvalue weighted by atomic mass is 16.5. The van der Waals surface area contributed by atoms with Crippen molar-refractivity contribution in [3.8, 4) is 5.75 Å². The fraction of sp³-hybridized carbons (Fsp3) is 0.323. The van der Waals surface area contributed by atoms with Gasteiger partial charge in [-0.05, 0) is 43.4 Å². The van der Waals surface area contributed by atoms with Gasteiger partial charge in [0.15, 0.2) is 0 Å². The lowest BCUT2D eigenvalue weighted by Crippen LogP contribution is -2.54. The van der Waals surface area contributed by atoms with Crippen LogP contribution in [0.15, 0.2) is 85.3 Å². The van der Waals surface area contributed by atoms with Crippen LogP contribution in [0.4, 0.5) is 0 Å². The Morgan fingerprint density at radius 1 is 1.00 bits per heavy atom. The van der Waals surface area contributed by atoms with E-state index in [0.717, 1.165) is 5.56 Å². The van der Waals surface area contributed by atoms with Crippen LogP contribution in [0.3, 0.4) is 0 Å². The minimum absolute atomic E-state index is 0.0719. The molecule has 206 valence electrons. The van der Waals surface area contributed by atoms with Crippen molar-refractivity contribution in [2.24, 2.45) is 5.41 Å². The average molecular weight is 540 g/mol. The van der Waals surface area contributed by atoms with E-state index >= 15 is 0 Å². The summed E-state index contributed by atoms with van der Waals surface area (Å²) in [5, 5.41) is 6.25. The van der Waals surface area contributed by atoms with Gasteiger partial charge in [-0.3, -0.25) is 19.4 Å². The first-order valence-corrected chi connectivity index (χ1v) is 13.6. The van der Waals surface area contributed by atoms with Crippen LogP contribution in [0.25, 0.3) is 0 Å². The Morgan fingerprint density at radius 3 is 2.55 bits per heavy atom. The molecule has 9 heteroatoms. The lowest BCUT2D eigenvalue weighted by Gasteiger charge is -2.41. The second-order valence-corrected chi connectivity index (χ2v) is 10.2. The van der Waals surface area contributed by atoms with Crippen molar-refractivity contribution in [3.63, 3.8) is 0 Å². The van der Waals surface area contributed by atoms with Gasteiger partial charge in [-0.15, -0.1) is 0 Å². The van der Waals surface area contributed by atoms with Crippen LogP contribution in [-0.4, -0.2) is 64.9 Å². The average Bonchev–Trinajstić information content (AvgIpc) is 3.00. The molecule has 2 aliphatic rings. The molecule has 3 heterocycles. The number of hydrogen-bond acceptors (Lipinski definition) is 6. The van der Waals surface area contributed by atoms with Crippen LogP contribution in [0.1, 0.15) is 45.7 Å². The highest BCUT2D eigenvalue weighted by Gasteiger charge is 2.42. The number of allylic oxidation sites excluding steroid dienone is 1. The molecular formula is C31H33N5O4. The zero-order valence-corrected chi connectivity index (χ0v) is 22.3. The molecule has 40 heavy (non-hydrogen) atoms. The number of rotatable bonds is 3. The number of amides is 3. The summed E-state index contributed by atoms with van der Waals surface area (Å²) in [4.78, 5) is 49.9. The number of fused-ring (bicyclic) bond motifs is 1. The van der Waals surface area contributed by atoms with Crippen molar-refractivity contribution in [1.82, 2.24) is 25.5 Å². The number of carbonyl (C=O) groups excluding carboxylic acids is 3. The third kappa shape index (κ3) is 6.36. The van der Waals surface area contributed by atoms with Crippen LogP contribution < -0.4 is 15.4 Å². The predicted octanol–water partition coefficient (Wildman–Crippen LogP) is 3.20. The number of likely N-dealkylation sites (tertiary alicyclic amines) is 1. The number of para-hydroxylation sites is 1. The second-order valence-electron chi connectivity index (χ2n) is 10.2. The third-order valence-corrected chi connectivity index (χ3v) is 7.58. The molecule has 1 spiro atoms. The molecule has 0 bridgehead atoms. The quantitative estimate of drug-likeness (QED) is 0.495. The van der Waals surface area contributed by atoms with Crippen LogP contribution >= 0.6 is 0 Å². The lowest BCUT2D eigenvalue weighted by atomic mass is 9.74. The molecule has 1 atom stereocenters. The minimum atomic E-state index is -0.698. The van der Waals surface area contributed by atoms with Crippen molar-refractivity contribution in [2.45, 2.75) is 31.7 Å². The van der Waals surface area contributed by atoms with Crippen LogP contribution in [0.5, 0.6) is 5.75 Å². The first-order valence-electron chi connectivity index (χ1n) is 13.6. The van der Waals surface area contributed by atoms with Gasteiger partial charge in [0.1, 0.15) is 18.1 Å². The number of aromatic nitrogens is 2. The van der Waals surface area contributed by atoms with Crippen LogP contribution in [-0.2, 0) is 11.2 Å². The van der Waals surface area contributed by atoms with Crippen LogP contribution in [0, 0.1) is 5.41 Å². The van der Waals surface area contributed by atoms with Gasteiger partial charge in [0.25, 0.3) is 11.8 Å². The summed E-state index contributed by atoms with van der Waals surface area (Å²) < 4.78 is 5.91. The van der Waals surface area contributed by atoms with E-state index in [9.17, 15) is 14.4 Å². The summed E-state index contributed by atoms with van der Waals surface area (Å²) in [6, 6.07) is 16.7. The molecule has 0 aliphatic carbocycles. The molecule has 3 aromatic rings. The van der Waals surface area contributed by atoms with Gasteiger partial charge in [0.05, 0.1) is 23.2 Å². The molecule has 0 unspecified atom stereocenters. The Labute approximate surface area is 233 Å². The van der Waals surface area contributed by atoms with E-state index < -0.39 is 5.41 Å². The molecule has 2 aliphatic heterocycles. The normalized spacial score (nSPS) is 20.3. The SMILES string of the molecule is O=C1NC[C@@H](Cc2ccccc2)NC(=O)C2(C/C=C/COc3ccccc31)CCN(C(=O)c1cnccn1)CC2. The highest BCUT2D eigenvalue weighted by molar-refractivity contribution is 5.97. The molecular weight excluding hydrogens is 506 g/mol. The molecule has 2 aromatic carbocycles. The smallest absolute Gasteiger partial charge is 0.274 e. The standard InChI is InChI=1S/C31H33N5O4/c37-28-25-10-4-5-11-27(25)40-19-7-6-12-31(13-17-36(18-14-31)29(38)26-22-32-15-16-33-26)30(39)35-24(21-34-28)20-23-8-2-1-3-9-23/h1-11,15-16,22,24H,12-14,17-21H2,(H,34,37)(H,35,39)/b7-6+/t24-/m1/s1. The number of benzene rings is 2. The first kappa shape index (κ1) is 27.1. The maximum atomic E-state index is 14.0. The number of ether oxygens (including phenoxy) is 1. The summed E-state index contributed by atoms with van der Waals surface area (Å²) in [5.41, 5.74) is 1.11. The van der Waals surface area contributed by atoms with Crippen molar-refractivity contribution in [2.75, 3.05) is 26.2 Å². The maximum Gasteiger partial charge on any atom is 0.274 e. The Balaban J connectivity index is 1.38. The van der Waals surface area contributed by atoms with Crippen molar-refractivity contribution in [3.05, 3.63) is 102 Å². The van der Waals surface area contributed by atoms with E-state index in [2.05, 4.69) is 20.6 Å². The summed E-state index contributed by atoms with van der Waals surface area (Å²) in [5.74, 6) is -0.000715. The largest absolute Gasteiger partial charge is 0.489 e. The zero-order chi connectivity index (χ0) is 27.8. The van der Waals surface area contributed by atoms with Gasteiger partial charge in [-0.2, -0.15) is 0 Å². The molecule has 9 nitrogen and oxygen atoms in total. The van der Waals surface area contributed by atoms with E-state index in [1.807, 2.05) is 48.6 Å². The van der Waals surface area contributed by atoms with Crippen LogP contribution in [0.2, 0.25) is 0 Å².